The molecule has 0 saturated carbocycles. The van der Waals surface area contributed by atoms with Crippen molar-refractivity contribution in [3.05, 3.63) is 198 Å². The molecule has 61 heavy (non-hydrogen) atoms. The minimum Gasteiger partial charge on any atom is -0.456 e. The lowest BCUT2D eigenvalue weighted by molar-refractivity contribution is 0.570. The van der Waals surface area contributed by atoms with Crippen LogP contribution in [-0.2, 0) is 0 Å². The van der Waals surface area contributed by atoms with Gasteiger partial charge < -0.3 is 13.4 Å². The van der Waals surface area contributed by atoms with Crippen LogP contribution in [0.15, 0.2) is 191 Å². The maximum atomic E-state index is 6.59. The molecule has 8 aromatic carbocycles. The number of fused-ring (bicyclic) bond motifs is 10. The highest BCUT2D eigenvalue weighted by Crippen LogP contribution is 2.39. The first kappa shape index (κ1) is 33.9. The van der Waals surface area contributed by atoms with E-state index in [1.54, 1.807) is 0 Å². The van der Waals surface area contributed by atoms with Crippen molar-refractivity contribution >= 4 is 77.8 Å². The number of rotatable bonds is 5. The molecule has 0 bridgehead atoms. The highest BCUT2D eigenvalue weighted by molar-refractivity contribution is 6.11. The van der Waals surface area contributed by atoms with E-state index in [1.807, 2.05) is 24.3 Å². The first-order valence-corrected chi connectivity index (χ1v) is 20.8. The second-order valence-electron chi connectivity index (χ2n) is 16.0. The average molecular weight is 782 g/mol. The summed E-state index contributed by atoms with van der Waals surface area (Å²) >= 11 is 0. The summed E-state index contributed by atoms with van der Waals surface area (Å²) in [5.74, 6) is 0.829. The molecule has 0 radical (unpaired) electrons. The van der Waals surface area contributed by atoms with Crippen LogP contribution in [0.4, 0.5) is 0 Å². The van der Waals surface area contributed by atoms with Crippen LogP contribution in [0.2, 0.25) is 0 Å². The second-order valence-corrected chi connectivity index (χ2v) is 16.0. The molecule has 5 heteroatoms. The molecule has 13 rings (SSSR count). The van der Waals surface area contributed by atoms with Crippen LogP contribution < -0.4 is 10.6 Å². The lowest BCUT2D eigenvalue weighted by Crippen LogP contribution is -2.25. The Bertz CT molecular complexity index is 3870. The standard InChI is InChI=1S/C56H35N3O2/c1-2-15-38(16-3-1)59-48-24-8-5-17-40(48)45-32-34(27-29-49(45)59)35-28-30-51-46(33-35)53-44(22-12-26-52(53)60-51)56-57-47-23-7-4-19-43(47)54(58-56)37-14-10-13-36(31-37)39-20-11-21-42-41-18-6-9-25-50(41)61-55(39)42/h1-27,29-33,35H,28H2. The van der Waals surface area contributed by atoms with Crippen molar-refractivity contribution in [3.8, 4) is 39.5 Å². The van der Waals surface area contributed by atoms with Gasteiger partial charge >= 0.3 is 0 Å². The summed E-state index contributed by atoms with van der Waals surface area (Å²) < 4.78 is 15.4. The Morgan fingerprint density at radius 1 is 0.508 bits per heavy atom. The van der Waals surface area contributed by atoms with Crippen LogP contribution in [0.25, 0.3) is 117 Å². The van der Waals surface area contributed by atoms with E-state index in [-0.39, 0.29) is 5.92 Å². The van der Waals surface area contributed by atoms with Gasteiger partial charge in [0.05, 0.1) is 22.2 Å². The van der Waals surface area contributed by atoms with Crippen molar-refractivity contribution in [3.63, 3.8) is 0 Å². The number of aromatic nitrogens is 3. The maximum absolute atomic E-state index is 6.59. The fourth-order valence-corrected chi connectivity index (χ4v) is 9.73. The van der Waals surface area contributed by atoms with Gasteiger partial charge in [0.25, 0.3) is 0 Å². The Labute approximate surface area is 349 Å². The van der Waals surface area contributed by atoms with Gasteiger partial charge in [-0.2, -0.15) is 0 Å². The molecule has 0 aliphatic heterocycles. The largest absolute Gasteiger partial charge is 0.456 e. The summed E-state index contributed by atoms with van der Waals surface area (Å²) in [6, 6.07) is 64.1. The van der Waals surface area contributed by atoms with Crippen LogP contribution in [-0.4, -0.2) is 14.5 Å². The van der Waals surface area contributed by atoms with Crippen LogP contribution in [0, 0.1) is 0 Å². The van der Waals surface area contributed by atoms with E-state index in [0.717, 1.165) is 94.5 Å². The molecule has 0 amide bonds. The van der Waals surface area contributed by atoms with Gasteiger partial charge in [0, 0.05) is 65.8 Å². The van der Waals surface area contributed by atoms with Gasteiger partial charge in [-0.05, 0) is 78.2 Å². The fraction of sp³-hybridized carbons (Fsp3) is 0.0357. The lowest BCUT2D eigenvalue weighted by Gasteiger charge is -2.14. The van der Waals surface area contributed by atoms with Gasteiger partial charge in [-0.1, -0.05) is 133 Å². The average Bonchev–Trinajstić information content (AvgIpc) is 4.01. The zero-order valence-corrected chi connectivity index (χ0v) is 32.9. The molecule has 0 N–H and O–H groups in total. The molecule has 286 valence electrons. The topological polar surface area (TPSA) is 57.0 Å². The Hall–Kier alpha value is -8.02. The predicted molar refractivity (Wildman–Crippen MR) is 249 cm³/mol. The quantitative estimate of drug-likeness (QED) is 0.174. The number of hydrogen-bond donors (Lipinski definition) is 0. The Balaban J connectivity index is 0.952. The van der Waals surface area contributed by atoms with Gasteiger partial charge in [-0.15, -0.1) is 0 Å². The van der Waals surface area contributed by atoms with E-state index in [2.05, 4.69) is 174 Å². The van der Waals surface area contributed by atoms with E-state index in [1.165, 1.54) is 27.4 Å². The molecule has 1 atom stereocenters. The highest BCUT2D eigenvalue weighted by atomic mass is 16.3. The van der Waals surface area contributed by atoms with E-state index in [9.17, 15) is 0 Å². The summed E-state index contributed by atoms with van der Waals surface area (Å²) in [7, 11) is 0. The van der Waals surface area contributed by atoms with E-state index in [0.29, 0.717) is 5.82 Å². The highest BCUT2D eigenvalue weighted by Gasteiger charge is 2.21. The Morgan fingerprint density at radius 3 is 2.16 bits per heavy atom. The molecule has 4 aromatic heterocycles. The number of nitrogens with zero attached hydrogens (tertiary/aromatic N) is 3. The van der Waals surface area contributed by atoms with Gasteiger partial charge in [0.1, 0.15) is 22.2 Å². The smallest absolute Gasteiger partial charge is 0.161 e. The molecular weight excluding hydrogens is 747 g/mol. The SMILES string of the molecule is C1=c2oc3cccc(-c4nc(-c5cccc(-c6cccc7c6oc6ccccc67)c5)c5ccccc5n4)c3c2=CC(c2ccc3c(c2)c2ccccc2n3-c2ccccc2)C1. The monoisotopic (exact) mass is 781 g/mol. The van der Waals surface area contributed by atoms with Gasteiger partial charge in [0.15, 0.2) is 5.82 Å². The van der Waals surface area contributed by atoms with Crippen molar-refractivity contribution in [2.24, 2.45) is 0 Å². The second kappa shape index (κ2) is 13.2. The fourth-order valence-electron chi connectivity index (χ4n) is 9.73. The third-order valence-electron chi connectivity index (χ3n) is 12.5. The molecule has 0 saturated heterocycles. The molecule has 1 aliphatic rings. The molecular formula is C56H35N3O2. The molecule has 1 unspecified atom stereocenters. The van der Waals surface area contributed by atoms with Crippen molar-refractivity contribution in [2.45, 2.75) is 12.3 Å². The van der Waals surface area contributed by atoms with Crippen LogP contribution in [0.1, 0.15) is 17.9 Å². The van der Waals surface area contributed by atoms with Crippen molar-refractivity contribution < 1.29 is 8.83 Å². The summed E-state index contributed by atoms with van der Waals surface area (Å²) in [5.41, 5.74) is 14.2. The Kier molecular flexibility index (Phi) is 7.36. The molecule has 1 aliphatic carbocycles. The summed E-state index contributed by atoms with van der Waals surface area (Å²) in [4.78, 5) is 10.6. The number of para-hydroxylation sites is 5. The molecule has 4 heterocycles. The van der Waals surface area contributed by atoms with E-state index >= 15 is 0 Å². The van der Waals surface area contributed by atoms with Gasteiger partial charge in [-0.3, -0.25) is 0 Å². The third kappa shape index (κ3) is 5.27. The Morgan fingerprint density at radius 2 is 1.23 bits per heavy atom. The summed E-state index contributed by atoms with van der Waals surface area (Å²) in [5, 5.41) is 7.85. The lowest BCUT2D eigenvalue weighted by atomic mass is 9.90. The van der Waals surface area contributed by atoms with Crippen molar-refractivity contribution in [1.29, 1.82) is 0 Å². The zero-order valence-electron chi connectivity index (χ0n) is 32.9. The summed E-state index contributed by atoms with van der Waals surface area (Å²) in [6.07, 6.45) is 5.49. The molecule has 0 spiro atoms. The number of benzene rings is 8. The van der Waals surface area contributed by atoms with Crippen LogP contribution >= 0.6 is 0 Å². The van der Waals surface area contributed by atoms with Gasteiger partial charge in [0.2, 0.25) is 0 Å². The minimum atomic E-state index is 0.164. The number of furan rings is 2. The predicted octanol–water partition coefficient (Wildman–Crippen LogP) is 13.1. The zero-order chi connectivity index (χ0) is 40.0. The van der Waals surface area contributed by atoms with Crippen molar-refractivity contribution in [2.75, 3.05) is 0 Å². The van der Waals surface area contributed by atoms with Crippen LogP contribution in [0.3, 0.4) is 0 Å². The van der Waals surface area contributed by atoms with E-state index in [4.69, 9.17) is 18.8 Å². The molecule has 5 nitrogen and oxygen atoms in total. The normalized spacial score (nSPS) is 13.9. The van der Waals surface area contributed by atoms with Gasteiger partial charge in [-0.25, -0.2) is 9.97 Å². The first-order chi connectivity index (χ1) is 30.2. The maximum Gasteiger partial charge on any atom is 0.161 e. The first-order valence-electron chi connectivity index (χ1n) is 20.8. The van der Waals surface area contributed by atoms with Crippen LogP contribution in [0.5, 0.6) is 0 Å². The van der Waals surface area contributed by atoms with E-state index < -0.39 is 0 Å². The molecule has 0 fully saturated rings. The third-order valence-corrected chi connectivity index (χ3v) is 12.5. The van der Waals surface area contributed by atoms with Crippen molar-refractivity contribution in [1.82, 2.24) is 14.5 Å². The molecule has 12 aromatic rings. The number of hydrogen-bond acceptors (Lipinski definition) is 4. The summed E-state index contributed by atoms with van der Waals surface area (Å²) in [6.45, 7) is 0. The minimum absolute atomic E-state index is 0.164.